The van der Waals surface area contributed by atoms with Crippen molar-refractivity contribution in [1.82, 2.24) is 4.98 Å². The van der Waals surface area contributed by atoms with Gasteiger partial charge in [0.1, 0.15) is 5.82 Å². The van der Waals surface area contributed by atoms with Gasteiger partial charge in [-0.25, -0.2) is 9.37 Å². The van der Waals surface area contributed by atoms with E-state index in [-0.39, 0.29) is 29.7 Å². The molecule has 1 aromatic heterocycles. The van der Waals surface area contributed by atoms with E-state index in [1.165, 1.54) is 30.5 Å². The van der Waals surface area contributed by atoms with Gasteiger partial charge in [0.2, 0.25) is 5.91 Å². The summed E-state index contributed by atoms with van der Waals surface area (Å²) in [6.45, 7) is 0. The number of nitrogens with zero attached hydrogens (tertiary/aromatic N) is 1. The van der Waals surface area contributed by atoms with Crippen LogP contribution in [0.1, 0.15) is 5.56 Å². The zero-order valence-electron chi connectivity index (χ0n) is 9.73. The highest BCUT2D eigenvalue weighted by Gasteiger charge is 2.09. The third kappa shape index (κ3) is 3.51. The molecule has 1 amide bonds. The number of carbonyl (C=O) groups excluding carboxylic acids is 1. The number of hydrogen-bond acceptors (Lipinski definition) is 3. The number of halogens is 2. The maximum atomic E-state index is 13.0. The van der Waals surface area contributed by atoms with Crippen LogP contribution in [0, 0.1) is 5.82 Å². The first-order chi connectivity index (χ1) is 9.06. The Morgan fingerprint density at radius 3 is 2.89 bits per heavy atom. The van der Waals surface area contributed by atoms with Crippen LogP contribution in [0.4, 0.5) is 10.2 Å². The van der Waals surface area contributed by atoms with Crippen molar-refractivity contribution in [2.75, 3.05) is 5.32 Å². The highest BCUT2D eigenvalue weighted by molar-refractivity contribution is 9.10. The van der Waals surface area contributed by atoms with E-state index in [0.717, 1.165) is 0 Å². The topological polar surface area (TPSA) is 62.2 Å². The average Bonchev–Trinajstić information content (AvgIpc) is 2.37. The number of aromatic hydroxyl groups is 1. The van der Waals surface area contributed by atoms with Crippen LogP contribution in [-0.2, 0) is 11.2 Å². The Hall–Kier alpha value is -1.95. The molecule has 0 atom stereocenters. The molecule has 1 aromatic carbocycles. The van der Waals surface area contributed by atoms with E-state index in [1.807, 2.05) is 0 Å². The molecular formula is C13H10BrFN2O2. The first-order valence-electron chi connectivity index (χ1n) is 5.44. The second kappa shape index (κ2) is 5.79. The van der Waals surface area contributed by atoms with Gasteiger partial charge in [-0.1, -0.05) is 6.07 Å². The predicted molar refractivity (Wildman–Crippen MR) is 72.3 cm³/mol. The van der Waals surface area contributed by atoms with Gasteiger partial charge >= 0.3 is 0 Å². The molecule has 2 rings (SSSR count). The van der Waals surface area contributed by atoms with E-state index in [4.69, 9.17) is 0 Å². The minimum atomic E-state index is -0.383. The molecule has 98 valence electrons. The Kier molecular flexibility index (Phi) is 4.11. The van der Waals surface area contributed by atoms with Gasteiger partial charge in [-0.15, -0.1) is 0 Å². The van der Waals surface area contributed by atoms with Gasteiger partial charge in [0.15, 0.2) is 11.6 Å². The summed E-state index contributed by atoms with van der Waals surface area (Å²) < 4.78 is 13.3. The summed E-state index contributed by atoms with van der Waals surface area (Å²) in [5.74, 6) is -0.719. The monoisotopic (exact) mass is 324 g/mol. The maximum absolute atomic E-state index is 13.0. The Labute approximate surface area is 117 Å². The molecular weight excluding hydrogens is 315 g/mol. The van der Waals surface area contributed by atoms with Crippen LogP contribution < -0.4 is 5.32 Å². The maximum Gasteiger partial charge on any atom is 0.230 e. The summed E-state index contributed by atoms with van der Waals surface area (Å²) >= 11 is 3.06. The number of rotatable bonds is 3. The van der Waals surface area contributed by atoms with Gasteiger partial charge in [-0.05, 0) is 45.8 Å². The molecule has 0 unspecified atom stereocenters. The minimum absolute atomic E-state index is 0.0644. The second-order valence-corrected chi connectivity index (χ2v) is 4.70. The summed E-state index contributed by atoms with van der Waals surface area (Å²) in [5, 5.41) is 12.0. The van der Waals surface area contributed by atoms with Crippen LogP contribution in [0.3, 0.4) is 0 Å². The van der Waals surface area contributed by atoms with Crippen LogP contribution in [0.2, 0.25) is 0 Å². The minimum Gasteiger partial charge on any atom is -0.504 e. The molecule has 2 N–H and O–H groups in total. The number of aromatic nitrogens is 1. The highest BCUT2D eigenvalue weighted by atomic mass is 79.9. The molecule has 0 spiro atoms. The Morgan fingerprint density at radius 1 is 1.42 bits per heavy atom. The molecule has 6 heteroatoms. The molecule has 0 radical (unpaired) electrons. The summed E-state index contributed by atoms with van der Waals surface area (Å²) in [4.78, 5) is 15.6. The quantitative estimate of drug-likeness (QED) is 0.912. The fourth-order valence-corrected chi connectivity index (χ4v) is 1.93. The molecule has 0 saturated heterocycles. The average molecular weight is 325 g/mol. The van der Waals surface area contributed by atoms with Crippen LogP contribution >= 0.6 is 15.9 Å². The zero-order chi connectivity index (χ0) is 13.8. The van der Waals surface area contributed by atoms with Gasteiger partial charge in [0.25, 0.3) is 0 Å². The Balaban J connectivity index is 2.05. The third-order valence-electron chi connectivity index (χ3n) is 2.39. The van der Waals surface area contributed by atoms with Crippen molar-refractivity contribution >= 4 is 27.7 Å². The van der Waals surface area contributed by atoms with Crippen molar-refractivity contribution in [3.63, 3.8) is 0 Å². The fraction of sp³-hybridized carbons (Fsp3) is 0.0769. The fourth-order valence-electron chi connectivity index (χ4n) is 1.50. The van der Waals surface area contributed by atoms with Gasteiger partial charge in [-0.2, -0.15) is 0 Å². The lowest BCUT2D eigenvalue weighted by molar-refractivity contribution is -0.115. The van der Waals surface area contributed by atoms with Crippen LogP contribution in [-0.4, -0.2) is 16.0 Å². The van der Waals surface area contributed by atoms with Crippen molar-refractivity contribution in [2.45, 2.75) is 6.42 Å². The number of anilines is 1. The van der Waals surface area contributed by atoms with E-state index in [9.17, 15) is 14.3 Å². The molecule has 0 fully saturated rings. The Morgan fingerprint density at radius 2 is 2.21 bits per heavy atom. The van der Waals surface area contributed by atoms with E-state index >= 15 is 0 Å². The van der Waals surface area contributed by atoms with Crippen molar-refractivity contribution in [1.29, 1.82) is 0 Å². The van der Waals surface area contributed by atoms with Gasteiger partial charge in [0.05, 0.1) is 10.9 Å². The first kappa shape index (κ1) is 13.5. The molecule has 0 aliphatic rings. The van der Waals surface area contributed by atoms with Crippen LogP contribution in [0.25, 0.3) is 0 Å². The largest absolute Gasteiger partial charge is 0.504 e. The lowest BCUT2D eigenvalue weighted by Crippen LogP contribution is -2.15. The molecule has 0 aliphatic heterocycles. The number of pyridine rings is 1. The predicted octanol–water partition coefficient (Wildman–Crippen LogP) is 2.87. The number of amides is 1. The SMILES string of the molecule is O=C(Cc1ccc(F)c(Br)c1)Nc1ncccc1O. The molecule has 0 aliphatic carbocycles. The molecule has 4 nitrogen and oxygen atoms in total. The first-order valence-corrected chi connectivity index (χ1v) is 6.23. The molecule has 2 aromatic rings. The van der Waals surface area contributed by atoms with E-state index in [0.29, 0.717) is 10.0 Å². The second-order valence-electron chi connectivity index (χ2n) is 3.84. The van der Waals surface area contributed by atoms with Crippen molar-refractivity contribution in [2.24, 2.45) is 0 Å². The zero-order valence-corrected chi connectivity index (χ0v) is 11.3. The summed E-state index contributed by atoms with van der Waals surface area (Å²) in [5.41, 5.74) is 0.654. The van der Waals surface area contributed by atoms with Gasteiger partial charge in [0, 0.05) is 6.20 Å². The summed E-state index contributed by atoms with van der Waals surface area (Å²) in [6, 6.07) is 7.33. The van der Waals surface area contributed by atoms with Crippen molar-refractivity contribution < 1.29 is 14.3 Å². The standard InChI is InChI=1S/C13H10BrFN2O2/c14-9-6-8(3-4-10(9)15)7-12(19)17-13-11(18)2-1-5-16-13/h1-6,18H,7H2,(H,16,17,19). The number of hydrogen-bond donors (Lipinski definition) is 2. The van der Waals surface area contributed by atoms with E-state index in [2.05, 4.69) is 26.2 Å². The summed E-state index contributed by atoms with van der Waals surface area (Å²) in [7, 11) is 0. The number of carbonyl (C=O) groups is 1. The lowest BCUT2D eigenvalue weighted by atomic mass is 10.1. The lowest BCUT2D eigenvalue weighted by Gasteiger charge is -2.06. The Bertz CT molecular complexity index is 619. The van der Waals surface area contributed by atoms with Crippen LogP contribution in [0.5, 0.6) is 5.75 Å². The van der Waals surface area contributed by atoms with E-state index in [1.54, 1.807) is 6.07 Å². The van der Waals surface area contributed by atoms with Crippen molar-refractivity contribution in [3.8, 4) is 5.75 Å². The highest BCUT2D eigenvalue weighted by Crippen LogP contribution is 2.20. The van der Waals surface area contributed by atoms with Crippen molar-refractivity contribution in [3.05, 3.63) is 52.4 Å². The molecule has 0 saturated carbocycles. The number of nitrogens with one attached hydrogen (secondary N) is 1. The molecule has 0 bridgehead atoms. The smallest absolute Gasteiger partial charge is 0.230 e. The van der Waals surface area contributed by atoms with Crippen LogP contribution in [0.15, 0.2) is 41.0 Å². The van der Waals surface area contributed by atoms with Gasteiger partial charge in [-0.3, -0.25) is 4.79 Å². The normalized spacial score (nSPS) is 10.2. The summed E-state index contributed by atoms with van der Waals surface area (Å²) in [6.07, 6.45) is 1.53. The van der Waals surface area contributed by atoms with E-state index < -0.39 is 0 Å². The number of benzene rings is 1. The third-order valence-corrected chi connectivity index (χ3v) is 3.00. The molecule has 19 heavy (non-hydrogen) atoms. The van der Waals surface area contributed by atoms with Gasteiger partial charge < -0.3 is 10.4 Å². The molecule has 1 heterocycles.